The van der Waals surface area contributed by atoms with E-state index in [0.717, 1.165) is 6.42 Å². The predicted octanol–water partition coefficient (Wildman–Crippen LogP) is 4.00. The van der Waals surface area contributed by atoms with E-state index in [0.29, 0.717) is 35.3 Å². The van der Waals surface area contributed by atoms with Crippen LogP contribution in [-0.2, 0) is 0 Å². The lowest BCUT2D eigenvalue weighted by Gasteiger charge is -2.13. The van der Waals surface area contributed by atoms with Crippen LogP contribution in [0.4, 0.5) is 0 Å². The molecule has 2 rings (SSSR count). The van der Waals surface area contributed by atoms with Gasteiger partial charge in [-0.2, -0.15) is 5.10 Å². The lowest BCUT2D eigenvalue weighted by atomic mass is 10.2. The number of hydrazone groups is 1. The molecule has 0 atom stereocenters. The molecular formula is C19H21ClN2O4. The van der Waals surface area contributed by atoms with Crippen LogP contribution in [0.15, 0.2) is 41.5 Å². The molecule has 7 heteroatoms. The van der Waals surface area contributed by atoms with Gasteiger partial charge in [-0.3, -0.25) is 4.79 Å². The molecule has 0 saturated heterocycles. The number of aromatic hydroxyl groups is 1. The minimum absolute atomic E-state index is 0.112. The van der Waals surface area contributed by atoms with Crippen LogP contribution in [0, 0.1) is 0 Å². The standard InChI is InChI=1S/C19H21ClN2O4/c1-3-9-26-18-15(20)10-13(11-17(18)25-4-2)12-21-22-19(24)14-7-5-6-8-16(14)23/h5-8,10-12,23H,3-4,9H2,1-2H3,(H,22,24)/b21-12-. The number of benzene rings is 2. The van der Waals surface area contributed by atoms with Crippen molar-refractivity contribution in [2.75, 3.05) is 13.2 Å². The van der Waals surface area contributed by atoms with Gasteiger partial charge in [-0.15, -0.1) is 0 Å². The Balaban J connectivity index is 2.14. The maximum Gasteiger partial charge on any atom is 0.275 e. The van der Waals surface area contributed by atoms with Crippen molar-refractivity contribution in [1.82, 2.24) is 5.43 Å². The summed E-state index contributed by atoms with van der Waals surface area (Å²) >= 11 is 6.28. The summed E-state index contributed by atoms with van der Waals surface area (Å²) in [6, 6.07) is 9.63. The normalized spacial score (nSPS) is 10.7. The monoisotopic (exact) mass is 376 g/mol. The number of halogens is 1. The topological polar surface area (TPSA) is 80.2 Å². The van der Waals surface area contributed by atoms with E-state index in [1.165, 1.54) is 18.3 Å². The Kier molecular flexibility index (Phi) is 7.29. The Hall–Kier alpha value is -2.73. The predicted molar refractivity (Wildman–Crippen MR) is 102 cm³/mol. The molecule has 0 aliphatic heterocycles. The zero-order chi connectivity index (χ0) is 18.9. The van der Waals surface area contributed by atoms with Gasteiger partial charge in [0.1, 0.15) is 5.75 Å². The molecule has 0 radical (unpaired) electrons. The lowest BCUT2D eigenvalue weighted by Crippen LogP contribution is -2.17. The fraction of sp³-hybridized carbons (Fsp3) is 0.263. The van der Waals surface area contributed by atoms with Gasteiger partial charge >= 0.3 is 0 Å². The molecule has 2 aromatic carbocycles. The van der Waals surface area contributed by atoms with E-state index in [-0.39, 0.29) is 11.3 Å². The first-order valence-electron chi connectivity index (χ1n) is 8.27. The maximum absolute atomic E-state index is 12.0. The number of nitrogens with zero attached hydrogens (tertiary/aromatic N) is 1. The van der Waals surface area contributed by atoms with Crippen molar-refractivity contribution in [2.45, 2.75) is 20.3 Å². The van der Waals surface area contributed by atoms with Crippen molar-refractivity contribution >= 4 is 23.7 Å². The van der Waals surface area contributed by atoms with Gasteiger partial charge in [0.05, 0.1) is 30.0 Å². The zero-order valence-electron chi connectivity index (χ0n) is 14.7. The lowest BCUT2D eigenvalue weighted by molar-refractivity contribution is 0.0952. The van der Waals surface area contributed by atoms with Crippen LogP contribution in [-0.4, -0.2) is 30.4 Å². The van der Waals surface area contributed by atoms with Crippen molar-refractivity contribution in [3.8, 4) is 17.2 Å². The molecule has 2 N–H and O–H groups in total. The summed E-state index contributed by atoms with van der Waals surface area (Å²) in [7, 11) is 0. The Labute approximate surface area is 157 Å². The van der Waals surface area contributed by atoms with E-state index in [9.17, 15) is 9.90 Å². The Morgan fingerprint density at radius 3 is 2.73 bits per heavy atom. The largest absolute Gasteiger partial charge is 0.507 e. The molecule has 0 unspecified atom stereocenters. The van der Waals surface area contributed by atoms with Gasteiger partial charge in [0.15, 0.2) is 11.5 Å². The molecule has 6 nitrogen and oxygen atoms in total. The van der Waals surface area contributed by atoms with E-state index < -0.39 is 5.91 Å². The molecule has 138 valence electrons. The Morgan fingerprint density at radius 2 is 2.04 bits per heavy atom. The second kappa shape index (κ2) is 9.68. The first kappa shape index (κ1) is 19.6. The molecule has 1 amide bonds. The fourth-order valence-corrected chi connectivity index (χ4v) is 2.43. The molecule has 0 aromatic heterocycles. The zero-order valence-corrected chi connectivity index (χ0v) is 15.4. The first-order chi connectivity index (χ1) is 12.6. The number of hydrogen-bond donors (Lipinski definition) is 2. The van der Waals surface area contributed by atoms with E-state index >= 15 is 0 Å². The summed E-state index contributed by atoms with van der Waals surface area (Å²) in [6.45, 7) is 4.86. The number of nitrogens with one attached hydrogen (secondary N) is 1. The average Bonchev–Trinajstić information content (AvgIpc) is 2.61. The van der Waals surface area contributed by atoms with Crippen molar-refractivity contribution < 1.29 is 19.4 Å². The van der Waals surface area contributed by atoms with Crippen LogP contribution in [0.3, 0.4) is 0 Å². The van der Waals surface area contributed by atoms with Crippen LogP contribution in [0.25, 0.3) is 0 Å². The third-order valence-electron chi connectivity index (χ3n) is 3.31. The summed E-state index contributed by atoms with van der Waals surface area (Å²) in [6.07, 6.45) is 2.29. The number of amides is 1. The molecule has 0 aliphatic carbocycles. The number of ether oxygens (including phenoxy) is 2. The smallest absolute Gasteiger partial charge is 0.275 e. The van der Waals surface area contributed by atoms with Gasteiger partial charge in [-0.05, 0) is 43.2 Å². The van der Waals surface area contributed by atoms with E-state index in [1.807, 2.05) is 13.8 Å². The fourth-order valence-electron chi connectivity index (χ4n) is 2.16. The minimum atomic E-state index is -0.515. The number of carbonyl (C=O) groups is 1. The molecular weight excluding hydrogens is 356 g/mol. The van der Waals surface area contributed by atoms with Crippen molar-refractivity contribution in [3.05, 3.63) is 52.5 Å². The molecule has 0 aliphatic rings. The second-order valence-corrected chi connectivity index (χ2v) is 5.73. The molecule has 26 heavy (non-hydrogen) atoms. The third kappa shape index (κ3) is 5.13. The van der Waals surface area contributed by atoms with E-state index in [1.54, 1.807) is 24.3 Å². The highest BCUT2D eigenvalue weighted by atomic mass is 35.5. The quantitative estimate of drug-likeness (QED) is 0.539. The minimum Gasteiger partial charge on any atom is -0.507 e. The number of phenolic OH excluding ortho intramolecular Hbond substituents is 1. The van der Waals surface area contributed by atoms with Gasteiger partial charge in [-0.1, -0.05) is 30.7 Å². The molecule has 2 aromatic rings. The SMILES string of the molecule is CCCOc1c(Cl)cc(/C=N\NC(=O)c2ccccc2O)cc1OCC. The van der Waals surface area contributed by atoms with Crippen molar-refractivity contribution in [1.29, 1.82) is 0 Å². The summed E-state index contributed by atoms with van der Waals surface area (Å²) in [5, 5.41) is 14.0. The maximum atomic E-state index is 12.0. The molecule has 0 spiro atoms. The van der Waals surface area contributed by atoms with Crippen molar-refractivity contribution in [2.24, 2.45) is 5.10 Å². The van der Waals surface area contributed by atoms with Crippen LogP contribution < -0.4 is 14.9 Å². The summed E-state index contributed by atoms with van der Waals surface area (Å²) < 4.78 is 11.2. The number of rotatable bonds is 8. The summed E-state index contributed by atoms with van der Waals surface area (Å²) in [5.74, 6) is 0.380. The summed E-state index contributed by atoms with van der Waals surface area (Å²) in [4.78, 5) is 12.0. The molecule has 0 heterocycles. The summed E-state index contributed by atoms with van der Waals surface area (Å²) in [5.41, 5.74) is 3.14. The highest BCUT2D eigenvalue weighted by Gasteiger charge is 2.12. The van der Waals surface area contributed by atoms with Crippen LogP contribution in [0.2, 0.25) is 5.02 Å². The van der Waals surface area contributed by atoms with Crippen LogP contribution >= 0.6 is 11.6 Å². The Morgan fingerprint density at radius 1 is 1.27 bits per heavy atom. The van der Waals surface area contributed by atoms with Gasteiger partial charge < -0.3 is 14.6 Å². The van der Waals surface area contributed by atoms with Gasteiger partial charge in [0.25, 0.3) is 5.91 Å². The van der Waals surface area contributed by atoms with Crippen LogP contribution in [0.1, 0.15) is 36.2 Å². The second-order valence-electron chi connectivity index (χ2n) is 5.33. The number of hydrogen-bond acceptors (Lipinski definition) is 5. The highest BCUT2D eigenvalue weighted by molar-refractivity contribution is 6.32. The number of para-hydroxylation sites is 1. The Bertz CT molecular complexity index is 793. The van der Waals surface area contributed by atoms with Gasteiger partial charge in [0, 0.05) is 0 Å². The molecule has 0 saturated carbocycles. The van der Waals surface area contributed by atoms with Crippen molar-refractivity contribution in [3.63, 3.8) is 0 Å². The average molecular weight is 377 g/mol. The highest BCUT2D eigenvalue weighted by Crippen LogP contribution is 2.36. The van der Waals surface area contributed by atoms with Crippen LogP contribution in [0.5, 0.6) is 17.2 Å². The van der Waals surface area contributed by atoms with E-state index in [2.05, 4.69) is 10.5 Å². The molecule has 0 fully saturated rings. The van der Waals surface area contributed by atoms with Gasteiger partial charge in [0.2, 0.25) is 0 Å². The first-order valence-corrected chi connectivity index (χ1v) is 8.65. The van der Waals surface area contributed by atoms with E-state index in [4.69, 9.17) is 21.1 Å². The van der Waals surface area contributed by atoms with Gasteiger partial charge in [-0.25, -0.2) is 5.43 Å². The number of phenols is 1. The third-order valence-corrected chi connectivity index (χ3v) is 3.59. The molecule has 0 bridgehead atoms. The number of carbonyl (C=O) groups excluding carboxylic acids is 1.